The Kier molecular flexibility index (Phi) is 2.67. The average Bonchev–Trinajstić information content (AvgIpc) is 2.55. The maximum absolute atomic E-state index is 5.92. The molecule has 15 heavy (non-hydrogen) atoms. The molecule has 0 bridgehead atoms. The van der Waals surface area contributed by atoms with Crippen LogP contribution in [0.15, 0.2) is 18.2 Å². The summed E-state index contributed by atoms with van der Waals surface area (Å²) in [7, 11) is 0. The lowest BCUT2D eigenvalue weighted by Crippen LogP contribution is -2.10. The van der Waals surface area contributed by atoms with Gasteiger partial charge < -0.3 is 5.73 Å². The molecule has 0 fully saturated rings. The Hall–Kier alpha value is -1.06. The van der Waals surface area contributed by atoms with Crippen LogP contribution >= 0.6 is 11.6 Å². The van der Waals surface area contributed by atoms with Crippen LogP contribution in [0.5, 0.6) is 0 Å². The van der Waals surface area contributed by atoms with E-state index in [2.05, 4.69) is 18.9 Å². The van der Waals surface area contributed by atoms with Crippen molar-refractivity contribution in [1.82, 2.24) is 9.78 Å². The Morgan fingerprint density at radius 1 is 1.47 bits per heavy atom. The van der Waals surface area contributed by atoms with Crippen molar-refractivity contribution in [2.24, 2.45) is 5.73 Å². The van der Waals surface area contributed by atoms with E-state index in [1.165, 1.54) is 0 Å². The summed E-state index contributed by atoms with van der Waals surface area (Å²) in [6.07, 6.45) is 0. The molecule has 0 amide bonds. The topological polar surface area (TPSA) is 43.8 Å². The molecule has 0 aliphatic heterocycles. The van der Waals surface area contributed by atoms with Crippen molar-refractivity contribution in [2.45, 2.75) is 26.4 Å². The molecule has 0 unspecified atom stereocenters. The molecule has 80 valence electrons. The highest BCUT2D eigenvalue weighted by atomic mass is 35.5. The van der Waals surface area contributed by atoms with Crippen molar-refractivity contribution in [3.63, 3.8) is 0 Å². The quantitative estimate of drug-likeness (QED) is 0.851. The molecule has 0 saturated heterocycles. The van der Waals surface area contributed by atoms with Crippen molar-refractivity contribution < 1.29 is 0 Å². The van der Waals surface area contributed by atoms with Gasteiger partial charge in [-0.1, -0.05) is 11.6 Å². The lowest BCUT2D eigenvalue weighted by atomic mass is 10.2. The molecule has 0 saturated carbocycles. The fraction of sp³-hybridized carbons (Fsp3) is 0.364. The number of benzene rings is 1. The van der Waals surface area contributed by atoms with E-state index in [4.69, 9.17) is 17.3 Å². The highest BCUT2D eigenvalue weighted by Crippen LogP contribution is 2.23. The smallest absolute Gasteiger partial charge is 0.0941 e. The standard InChI is InChI=1S/C11H14ClN3/c1-7(2)15-11(6-13)9-4-3-8(12)5-10(9)14-15/h3-5,7H,6,13H2,1-2H3. The minimum atomic E-state index is 0.315. The van der Waals surface area contributed by atoms with Crippen LogP contribution in [0.25, 0.3) is 10.9 Å². The lowest BCUT2D eigenvalue weighted by molar-refractivity contribution is 0.515. The van der Waals surface area contributed by atoms with Crippen LogP contribution < -0.4 is 5.73 Å². The van der Waals surface area contributed by atoms with E-state index in [0.717, 1.165) is 16.6 Å². The average molecular weight is 224 g/mol. The van der Waals surface area contributed by atoms with Crippen LogP contribution in [0.4, 0.5) is 0 Å². The van der Waals surface area contributed by atoms with Crippen LogP contribution in [0.2, 0.25) is 5.02 Å². The Morgan fingerprint density at radius 3 is 2.80 bits per heavy atom. The Morgan fingerprint density at radius 2 is 2.20 bits per heavy atom. The predicted octanol–water partition coefficient (Wildman–Crippen LogP) is 2.73. The van der Waals surface area contributed by atoms with Gasteiger partial charge in [0.2, 0.25) is 0 Å². The van der Waals surface area contributed by atoms with E-state index in [1.807, 2.05) is 22.9 Å². The van der Waals surface area contributed by atoms with Crippen LogP contribution in [0.1, 0.15) is 25.6 Å². The molecular formula is C11H14ClN3. The predicted molar refractivity (Wildman–Crippen MR) is 63.0 cm³/mol. The Balaban J connectivity index is 2.73. The molecule has 1 aromatic carbocycles. The number of rotatable bonds is 2. The molecule has 2 rings (SSSR count). The molecule has 4 heteroatoms. The number of nitrogens with zero attached hydrogens (tertiary/aromatic N) is 2. The monoisotopic (exact) mass is 223 g/mol. The summed E-state index contributed by atoms with van der Waals surface area (Å²) in [5, 5.41) is 6.30. The lowest BCUT2D eigenvalue weighted by Gasteiger charge is -2.08. The fourth-order valence-electron chi connectivity index (χ4n) is 1.76. The van der Waals surface area contributed by atoms with Crippen molar-refractivity contribution in [1.29, 1.82) is 0 Å². The van der Waals surface area contributed by atoms with Crippen LogP contribution in [0.3, 0.4) is 0 Å². The van der Waals surface area contributed by atoms with E-state index in [1.54, 1.807) is 0 Å². The maximum Gasteiger partial charge on any atom is 0.0941 e. The van der Waals surface area contributed by atoms with E-state index in [0.29, 0.717) is 17.6 Å². The first-order valence-electron chi connectivity index (χ1n) is 5.00. The minimum absolute atomic E-state index is 0.315. The van der Waals surface area contributed by atoms with Gasteiger partial charge in [-0.3, -0.25) is 4.68 Å². The number of nitrogens with two attached hydrogens (primary N) is 1. The summed E-state index contributed by atoms with van der Waals surface area (Å²) >= 11 is 5.92. The van der Waals surface area contributed by atoms with Gasteiger partial charge in [0.15, 0.2) is 0 Å². The van der Waals surface area contributed by atoms with E-state index < -0.39 is 0 Å². The second kappa shape index (κ2) is 3.83. The fourth-order valence-corrected chi connectivity index (χ4v) is 1.93. The Bertz CT molecular complexity index is 488. The summed E-state index contributed by atoms with van der Waals surface area (Å²) in [5.74, 6) is 0. The highest BCUT2D eigenvalue weighted by molar-refractivity contribution is 6.31. The third kappa shape index (κ3) is 1.73. The second-order valence-corrected chi connectivity index (χ2v) is 4.29. The zero-order chi connectivity index (χ0) is 11.0. The van der Waals surface area contributed by atoms with Crippen molar-refractivity contribution >= 4 is 22.5 Å². The summed E-state index contributed by atoms with van der Waals surface area (Å²) in [4.78, 5) is 0. The van der Waals surface area contributed by atoms with Crippen molar-refractivity contribution in [3.05, 3.63) is 28.9 Å². The number of halogens is 1. The van der Waals surface area contributed by atoms with Gasteiger partial charge in [-0.2, -0.15) is 5.10 Å². The van der Waals surface area contributed by atoms with Gasteiger partial charge in [0.25, 0.3) is 0 Å². The van der Waals surface area contributed by atoms with E-state index >= 15 is 0 Å². The third-order valence-electron chi connectivity index (χ3n) is 2.45. The number of aromatic nitrogens is 2. The van der Waals surface area contributed by atoms with Gasteiger partial charge >= 0.3 is 0 Å². The molecule has 2 aromatic rings. The van der Waals surface area contributed by atoms with Crippen LogP contribution in [-0.4, -0.2) is 9.78 Å². The molecule has 0 atom stereocenters. The molecule has 0 radical (unpaired) electrons. The molecule has 0 spiro atoms. The zero-order valence-corrected chi connectivity index (χ0v) is 9.62. The maximum atomic E-state index is 5.92. The van der Waals surface area contributed by atoms with Crippen LogP contribution in [-0.2, 0) is 6.54 Å². The van der Waals surface area contributed by atoms with Gasteiger partial charge in [0.05, 0.1) is 11.2 Å². The first kappa shape index (κ1) is 10.5. The van der Waals surface area contributed by atoms with Gasteiger partial charge in [0, 0.05) is 23.0 Å². The molecule has 2 N–H and O–H groups in total. The Labute approximate surface area is 93.8 Å². The molecular weight excluding hydrogens is 210 g/mol. The molecule has 1 heterocycles. The SMILES string of the molecule is CC(C)n1nc2cc(Cl)ccc2c1CN. The van der Waals surface area contributed by atoms with Gasteiger partial charge in [0.1, 0.15) is 0 Å². The van der Waals surface area contributed by atoms with E-state index in [9.17, 15) is 0 Å². The van der Waals surface area contributed by atoms with Crippen molar-refractivity contribution in [3.8, 4) is 0 Å². The normalized spacial score (nSPS) is 11.5. The first-order valence-corrected chi connectivity index (χ1v) is 5.38. The second-order valence-electron chi connectivity index (χ2n) is 3.85. The summed E-state index contributed by atoms with van der Waals surface area (Å²) in [6, 6.07) is 6.03. The van der Waals surface area contributed by atoms with Gasteiger partial charge in [-0.15, -0.1) is 0 Å². The molecule has 0 aliphatic carbocycles. The largest absolute Gasteiger partial charge is 0.325 e. The number of fused-ring (bicyclic) bond motifs is 1. The number of hydrogen-bond acceptors (Lipinski definition) is 2. The highest BCUT2D eigenvalue weighted by Gasteiger charge is 2.11. The van der Waals surface area contributed by atoms with Gasteiger partial charge in [-0.05, 0) is 32.0 Å². The summed E-state index contributed by atoms with van der Waals surface area (Å²) in [6.45, 7) is 4.68. The van der Waals surface area contributed by atoms with Crippen molar-refractivity contribution in [2.75, 3.05) is 0 Å². The molecule has 0 aliphatic rings. The first-order chi connectivity index (χ1) is 7.13. The molecule has 3 nitrogen and oxygen atoms in total. The van der Waals surface area contributed by atoms with Gasteiger partial charge in [-0.25, -0.2) is 0 Å². The minimum Gasteiger partial charge on any atom is -0.325 e. The summed E-state index contributed by atoms with van der Waals surface area (Å²) in [5.41, 5.74) is 7.72. The third-order valence-corrected chi connectivity index (χ3v) is 2.68. The number of hydrogen-bond donors (Lipinski definition) is 1. The van der Waals surface area contributed by atoms with E-state index in [-0.39, 0.29) is 0 Å². The molecule has 1 aromatic heterocycles. The van der Waals surface area contributed by atoms with Crippen LogP contribution in [0, 0.1) is 0 Å². The zero-order valence-electron chi connectivity index (χ0n) is 8.87. The summed E-state index contributed by atoms with van der Waals surface area (Å²) < 4.78 is 1.96.